The molecule has 16 heteroatoms. The van der Waals surface area contributed by atoms with E-state index in [2.05, 4.69) is 17.0 Å². The predicted octanol–water partition coefficient (Wildman–Crippen LogP) is 0.867. The number of hydrogen-bond acceptors (Lipinski definition) is 14. The molecule has 0 aliphatic carbocycles. The van der Waals surface area contributed by atoms with Crippen LogP contribution in [0.4, 0.5) is 0 Å². The minimum absolute atomic E-state index is 0.162. The summed E-state index contributed by atoms with van der Waals surface area (Å²) in [6, 6.07) is 0. The summed E-state index contributed by atoms with van der Waals surface area (Å²) < 4.78 is 58.5. The van der Waals surface area contributed by atoms with Crippen LogP contribution in [0, 0.1) is 0 Å². The molecule has 0 unspecified atom stereocenters. The third kappa shape index (κ3) is 40.1. The van der Waals surface area contributed by atoms with Gasteiger partial charge in [0.25, 0.3) is 0 Å². The number of ether oxygens (including phenoxy) is 11. The van der Waals surface area contributed by atoms with Crippen LogP contribution in [0.3, 0.4) is 0 Å². The smallest absolute Gasteiger partial charge is 0.329 e. The number of amides is 1. The van der Waals surface area contributed by atoms with Crippen molar-refractivity contribution < 1.29 is 71.6 Å². The Labute approximate surface area is 279 Å². The lowest BCUT2D eigenvalue weighted by atomic mass is 10.2. The van der Waals surface area contributed by atoms with Gasteiger partial charge in [0.2, 0.25) is 5.91 Å². The minimum Gasteiger partial charge on any atom is -0.480 e. The van der Waals surface area contributed by atoms with Gasteiger partial charge in [-0.2, -0.15) is 0 Å². The highest BCUT2D eigenvalue weighted by Gasteiger charge is 2.04. The largest absolute Gasteiger partial charge is 0.480 e. The number of carbonyl (C=O) groups excluding carboxylic acids is 2. The van der Waals surface area contributed by atoms with E-state index in [0.717, 1.165) is 25.7 Å². The Morgan fingerprint density at radius 2 is 0.851 bits per heavy atom. The van der Waals surface area contributed by atoms with Gasteiger partial charge in [0.15, 0.2) is 0 Å². The molecular formula is C31H59NO15. The molecule has 16 nitrogen and oxygen atoms in total. The van der Waals surface area contributed by atoms with Gasteiger partial charge in [0.1, 0.15) is 19.8 Å². The van der Waals surface area contributed by atoms with Crippen molar-refractivity contribution >= 4 is 17.8 Å². The van der Waals surface area contributed by atoms with E-state index < -0.39 is 18.5 Å². The molecule has 0 bridgehead atoms. The molecule has 0 aromatic rings. The first kappa shape index (κ1) is 45.0. The van der Waals surface area contributed by atoms with Gasteiger partial charge in [0, 0.05) is 13.0 Å². The Morgan fingerprint density at radius 3 is 1.23 bits per heavy atom. The zero-order valence-corrected chi connectivity index (χ0v) is 28.3. The van der Waals surface area contributed by atoms with Crippen LogP contribution in [-0.4, -0.2) is 168 Å². The Balaban J connectivity index is 3.13. The summed E-state index contributed by atoms with van der Waals surface area (Å²) in [5.74, 6) is -1.69. The fraction of sp³-hybridized carbons (Fsp3) is 0.903. The molecule has 0 aliphatic rings. The Bertz CT molecular complexity index is 702. The molecule has 47 heavy (non-hydrogen) atoms. The quantitative estimate of drug-likeness (QED) is 0.0686. The standard InChI is InChI=1S/C31H59NO15/c1-2-3-4-5-6-31(36)47-26-25-45-24-23-44-22-21-43-20-19-42-18-17-41-16-15-40-14-13-39-12-11-38-10-9-37-8-7-32-29(33)27-46-28-30(34)35/h2-28H2,1H3,(H,32,33)(H,34,35). The van der Waals surface area contributed by atoms with Crippen LogP contribution in [0.25, 0.3) is 0 Å². The maximum Gasteiger partial charge on any atom is 0.329 e. The van der Waals surface area contributed by atoms with Crippen molar-refractivity contribution in [3.05, 3.63) is 0 Å². The molecule has 0 heterocycles. The van der Waals surface area contributed by atoms with Crippen LogP contribution < -0.4 is 5.32 Å². The van der Waals surface area contributed by atoms with Gasteiger partial charge in [-0.1, -0.05) is 26.2 Å². The van der Waals surface area contributed by atoms with Crippen molar-refractivity contribution in [3.63, 3.8) is 0 Å². The van der Waals surface area contributed by atoms with Crippen molar-refractivity contribution in [2.45, 2.75) is 39.0 Å². The highest BCUT2D eigenvalue weighted by atomic mass is 16.6. The number of carboxylic acid groups (broad SMARTS) is 1. The maximum atomic E-state index is 11.5. The Kier molecular flexibility index (Phi) is 36.8. The van der Waals surface area contributed by atoms with Crippen molar-refractivity contribution in [2.75, 3.05) is 145 Å². The van der Waals surface area contributed by atoms with Crippen LogP contribution >= 0.6 is 0 Å². The molecular weight excluding hydrogens is 626 g/mol. The van der Waals surface area contributed by atoms with Gasteiger partial charge in [-0.3, -0.25) is 9.59 Å². The van der Waals surface area contributed by atoms with E-state index in [1.165, 1.54) is 0 Å². The normalized spacial score (nSPS) is 11.2. The number of rotatable bonds is 39. The number of aliphatic carboxylic acids is 1. The van der Waals surface area contributed by atoms with Gasteiger partial charge in [-0.25, -0.2) is 4.79 Å². The lowest BCUT2D eigenvalue weighted by molar-refractivity contribution is -0.146. The first-order chi connectivity index (χ1) is 23.1. The van der Waals surface area contributed by atoms with Gasteiger partial charge < -0.3 is 62.5 Å². The summed E-state index contributed by atoms with van der Waals surface area (Å²) in [5, 5.41) is 11.0. The summed E-state index contributed by atoms with van der Waals surface area (Å²) in [7, 11) is 0. The zero-order chi connectivity index (χ0) is 34.3. The monoisotopic (exact) mass is 685 g/mol. The number of carboxylic acids is 1. The van der Waals surface area contributed by atoms with E-state index in [0.29, 0.717) is 132 Å². The fourth-order valence-corrected chi connectivity index (χ4v) is 3.39. The molecule has 0 saturated carbocycles. The number of carbonyl (C=O) groups is 3. The summed E-state index contributed by atoms with van der Waals surface area (Å²) in [5.41, 5.74) is 0. The van der Waals surface area contributed by atoms with Gasteiger partial charge >= 0.3 is 11.9 Å². The van der Waals surface area contributed by atoms with Crippen LogP contribution in [-0.2, 0) is 66.5 Å². The average molecular weight is 686 g/mol. The Morgan fingerprint density at radius 1 is 0.468 bits per heavy atom. The third-order valence-corrected chi connectivity index (χ3v) is 5.73. The van der Waals surface area contributed by atoms with E-state index >= 15 is 0 Å². The molecule has 0 spiro atoms. The zero-order valence-electron chi connectivity index (χ0n) is 28.3. The highest BCUT2D eigenvalue weighted by Crippen LogP contribution is 2.03. The van der Waals surface area contributed by atoms with Crippen molar-refractivity contribution in [2.24, 2.45) is 0 Å². The molecule has 0 rings (SSSR count). The highest BCUT2D eigenvalue weighted by molar-refractivity contribution is 5.77. The second-order valence-corrected chi connectivity index (χ2v) is 9.78. The van der Waals surface area contributed by atoms with Crippen LogP contribution in [0.15, 0.2) is 0 Å². The molecule has 0 aromatic carbocycles. The van der Waals surface area contributed by atoms with E-state index in [1.807, 2.05) is 0 Å². The second-order valence-electron chi connectivity index (χ2n) is 9.78. The second kappa shape index (κ2) is 38.5. The van der Waals surface area contributed by atoms with E-state index in [1.54, 1.807) is 0 Å². The van der Waals surface area contributed by atoms with E-state index in [4.69, 9.17) is 52.5 Å². The first-order valence-corrected chi connectivity index (χ1v) is 16.5. The van der Waals surface area contributed by atoms with E-state index in [9.17, 15) is 14.4 Å². The molecule has 278 valence electrons. The molecule has 2 N–H and O–H groups in total. The number of esters is 1. The SMILES string of the molecule is CCCCCCC(=O)OCCOCCOCCOCCOCCOCCOCCOCCOCCOCCNC(=O)COCC(=O)O. The first-order valence-electron chi connectivity index (χ1n) is 16.5. The number of unbranched alkanes of at least 4 members (excludes halogenated alkanes) is 3. The minimum atomic E-state index is -1.13. The molecule has 0 saturated heterocycles. The maximum absolute atomic E-state index is 11.5. The lowest BCUT2D eigenvalue weighted by Crippen LogP contribution is -2.31. The third-order valence-electron chi connectivity index (χ3n) is 5.73. The summed E-state index contributed by atoms with van der Waals surface area (Å²) in [6.45, 7) is 9.81. The van der Waals surface area contributed by atoms with Crippen LogP contribution in [0.1, 0.15) is 39.0 Å². The van der Waals surface area contributed by atoms with Gasteiger partial charge in [-0.05, 0) is 6.42 Å². The predicted molar refractivity (Wildman–Crippen MR) is 169 cm³/mol. The van der Waals surface area contributed by atoms with Crippen molar-refractivity contribution in [1.29, 1.82) is 0 Å². The molecule has 0 radical (unpaired) electrons. The molecule has 0 fully saturated rings. The van der Waals surface area contributed by atoms with Crippen molar-refractivity contribution in [3.8, 4) is 0 Å². The van der Waals surface area contributed by atoms with Crippen LogP contribution in [0.2, 0.25) is 0 Å². The van der Waals surface area contributed by atoms with Gasteiger partial charge in [-0.15, -0.1) is 0 Å². The van der Waals surface area contributed by atoms with Crippen molar-refractivity contribution in [1.82, 2.24) is 5.32 Å². The summed E-state index contributed by atoms with van der Waals surface area (Å²) >= 11 is 0. The lowest BCUT2D eigenvalue weighted by Gasteiger charge is -2.09. The number of nitrogens with one attached hydrogen (secondary N) is 1. The Hall–Kier alpha value is -1.99. The summed E-state index contributed by atoms with van der Waals surface area (Å²) in [6.07, 6.45) is 4.72. The fourth-order valence-electron chi connectivity index (χ4n) is 3.39. The molecule has 0 aromatic heterocycles. The van der Waals surface area contributed by atoms with Crippen LogP contribution in [0.5, 0.6) is 0 Å². The van der Waals surface area contributed by atoms with Gasteiger partial charge in [0.05, 0.1) is 119 Å². The van der Waals surface area contributed by atoms with E-state index in [-0.39, 0.29) is 19.2 Å². The number of hydrogen-bond donors (Lipinski definition) is 2. The molecule has 0 atom stereocenters. The molecule has 1 amide bonds. The average Bonchev–Trinajstić information content (AvgIpc) is 3.05. The topological polar surface area (TPSA) is 185 Å². The molecule has 0 aliphatic heterocycles. The summed E-state index contributed by atoms with van der Waals surface area (Å²) in [4.78, 5) is 33.2.